The van der Waals surface area contributed by atoms with Crippen molar-refractivity contribution in [3.63, 3.8) is 0 Å². The number of hydrogen-bond donors (Lipinski definition) is 2. The van der Waals surface area contributed by atoms with Crippen LogP contribution in [0.3, 0.4) is 0 Å². The molecule has 11 nitrogen and oxygen atoms in total. The summed E-state index contributed by atoms with van der Waals surface area (Å²) in [5, 5.41) is 2.59. The maximum absolute atomic E-state index is 12.7. The van der Waals surface area contributed by atoms with E-state index in [0.717, 1.165) is 10.6 Å². The Hall–Kier alpha value is -3.28. The number of carbonyl (C=O) groups is 2. The molecule has 32 heavy (non-hydrogen) atoms. The third-order valence-corrected chi connectivity index (χ3v) is 5.31. The van der Waals surface area contributed by atoms with Crippen molar-refractivity contribution in [2.24, 2.45) is 10.7 Å². The Morgan fingerprint density at radius 3 is 2.31 bits per heavy atom. The normalized spacial score (nSPS) is 12.3. The Bertz CT molecular complexity index is 1010. The first-order valence-corrected chi connectivity index (χ1v) is 11.3. The van der Waals surface area contributed by atoms with Gasteiger partial charge in [-0.05, 0) is 33.6 Å². The minimum Gasteiger partial charge on any atom is -0.494 e. The molecule has 0 aliphatic carbocycles. The van der Waals surface area contributed by atoms with E-state index in [4.69, 9.17) is 15.2 Å². The van der Waals surface area contributed by atoms with Crippen molar-refractivity contribution in [1.29, 1.82) is 0 Å². The van der Waals surface area contributed by atoms with E-state index >= 15 is 0 Å². The van der Waals surface area contributed by atoms with Gasteiger partial charge in [-0.3, -0.25) is 14.1 Å². The first-order valence-electron chi connectivity index (χ1n) is 9.44. The average Bonchev–Trinajstić information content (AvgIpc) is 2.65. The van der Waals surface area contributed by atoms with E-state index in [2.05, 4.69) is 17.0 Å². The minimum atomic E-state index is -3.71. The second-order valence-electron chi connectivity index (χ2n) is 7.91. The lowest BCUT2D eigenvalue weighted by atomic mass is 10.1. The summed E-state index contributed by atoms with van der Waals surface area (Å²) < 4.78 is 34.9. The van der Waals surface area contributed by atoms with Gasteiger partial charge in [-0.15, -0.1) is 0 Å². The summed E-state index contributed by atoms with van der Waals surface area (Å²) in [6.45, 7) is 8.73. The molecule has 12 heteroatoms. The molecule has 0 radical (unpaired) electrons. The summed E-state index contributed by atoms with van der Waals surface area (Å²) in [5.74, 6) is -0.876. The first kappa shape index (κ1) is 26.8. The standard InChI is InChI=1S/C20H31N5O6S/c1-20(2,3)31-19(27)24(5)12-13-10-9-11-14(16(13)30-7)23-18(26)15(22-4)17(21)25(6)32(8,28)29/h9-11H,4,12,21H2,1-3,5-8H3,(H,23,26)/b17-15-. The van der Waals surface area contributed by atoms with Gasteiger partial charge in [-0.2, -0.15) is 0 Å². The summed E-state index contributed by atoms with van der Waals surface area (Å²) in [5.41, 5.74) is 5.64. The van der Waals surface area contributed by atoms with Gasteiger partial charge in [0.2, 0.25) is 10.0 Å². The van der Waals surface area contributed by atoms with Crippen LogP contribution >= 0.6 is 0 Å². The molecular formula is C20H31N5O6S. The van der Waals surface area contributed by atoms with Crippen LogP contribution in [0, 0.1) is 0 Å². The van der Waals surface area contributed by atoms with Gasteiger partial charge in [-0.1, -0.05) is 12.1 Å². The number of nitrogens with one attached hydrogen (secondary N) is 1. The maximum atomic E-state index is 12.7. The molecule has 178 valence electrons. The van der Waals surface area contributed by atoms with E-state index in [1.165, 1.54) is 19.1 Å². The molecule has 0 atom stereocenters. The second-order valence-corrected chi connectivity index (χ2v) is 9.92. The predicted octanol–water partition coefficient (Wildman–Crippen LogP) is 1.72. The molecule has 1 aromatic rings. The highest BCUT2D eigenvalue weighted by Crippen LogP contribution is 2.30. The van der Waals surface area contributed by atoms with Crippen molar-refractivity contribution < 1.29 is 27.5 Å². The fourth-order valence-electron chi connectivity index (χ4n) is 2.49. The number of ether oxygens (including phenoxy) is 2. The number of nitrogens with zero attached hydrogens (tertiary/aromatic N) is 3. The number of amides is 2. The van der Waals surface area contributed by atoms with Gasteiger partial charge in [0.25, 0.3) is 5.91 Å². The van der Waals surface area contributed by atoms with Crippen LogP contribution in [-0.4, -0.2) is 69.4 Å². The molecule has 0 saturated carbocycles. The molecule has 0 aliphatic heterocycles. The van der Waals surface area contributed by atoms with Gasteiger partial charge in [-0.25, -0.2) is 13.2 Å². The van der Waals surface area contributed by atoms with Crippen molar-refractivity contribution in [2.45, 2.75) is 32.9 Å². The molecule has 0 aliphatic rings. The van der Waals surface area contributed by atoms with Crippen molar-refractivity contribution in [3.05, 3.63) is 35.3 Å². The molecule has 0 unspecified atom stereocenters. The van der Waals surface area contributed by atoms with Gasteiger partial charge in [0.1, 0.15) is 17.2 Å². The number of aliphatic imine (C=N–C) groups is 1. The quantitative estimate of drug-likeness (QED) is 0.436. The van der Waals surface area contributed by atoms with Crippen molar-refractivity contribution in [2.75, 3.05) is 32.8 Å². The SMILES string of the molecule is C=N/C(C(=O)Nc1cccc(CN(C)C(=O)OC(C)(C)C)c1OC)=C(/N)N(C)S(C)(=O)=O. The van der Waals surface area contributed by atoms with Gasteiger partial charge >= 0.3 is 6.09 Å². The largest absolute Gasteiger partial charge is 0.494 e. The topological polar surface area (TPSA) is 144 Å². The van der Waals surface area contributed by atoms with Crippen LogP contribution in [0.4, 0.5) is 10.5 Å². The summed E-state index contributed by atoms with van der Waals surface area (Å²) in [7, 11) is 0.467. The summed E-state index contributed by atoms with van der Waals surface area (Å²) in [4.78, 5) is 30.0. The van der Waals surface area contributed by atoms with Crippen LogP contribution < -0.4 is 15.8 Å². The van der Waals surface area contributed by atoms with E-state index in [-0.39, 0.29) is 23.8 Å². The lowest BCUT2D eigenvalue weighted by Gasteiger charge is -2.25. The number of hydrogen-bond acceptors (Lipinski definition) is 8. The highest BCUT2D eigenvalue weighted by atomic mass is 32.2. The number of rotatable bonds is 8. The zero-order valence-electron chi connectivity index (χ0n) is 19.4. The molecular weight excluding hydrogens is 438 g/mol. The molecule has 2 amide bonds. The minimum absolute atomic E-state index is 0.142. The van der Waals surface area contributed by atoms with Gasteiger partial charge < -0.3 is 25.4 Å². The second kappa shape index (κ2) is 10.4. The molecule has 0 aromatic heterocycles. The molecule has 0 fully saturated rings. The van der Waals surface area contributed by atoms with Crippen LogP contribution in [0.2, 0.25) is 0 Å². The average molecular weight is 470 g/mol. The lowest BCUT2D eigenvalue weighted by molar-refractivity contribution is -0.113. The van der Waals surface area contributed by atoms with Crippen molar-refractivity contribution in [1.82, 2.24) is 9.21 Å². The number of para-hydroxylation sites is 1. The Kier molecular flexibility index (Phi) is 8.66. The lowest BCUT2D eigenvalue weighted by Crippen LogP contribution is -2.34. The molecule has 3 N–H and O–H groups in total. The Morgan fingerprint density at radius 1 is 1.25 bits per heavy atom. The Labute approximate surface area is 188 Å². The monoisotopic (exact) mass is 469 g/mol. The fourth-order valence-corrected chi connectivity index (χ4v) is 2.93. The highest BCUT2D eigenvalue weighted by Gasteiger charge is 2.24. The van der Waals surface area contributed by atoms with Gasteiger partial charge in [0, 0.05) is 19.7 Å². The van der Waals surface area contributed by atoms with Crippen molar-refractivity contribution >= 4 is 34.4 Å². The molecule has 1 aromatic carbocycles. The van der Waals surface area contributed by atoms with Gasteiger partial charge in [0.05, 0.1) is 25.6 Å². The van der Waals surface area contributed by atoms with Crippen LogP contribution in [0.1, 0.15) is 26.3 Å². The van der Waals surface area contributed by atoms with E-state index in [9.17, 15) is 18.0 Å². The van der Waals surface area contributed by atoms with Crippen molar-refractivity contribution in [3.8, 4) is 5.75 Å². The first-order chi connectivity index (χ1) is 14.6. The van der Waals surface area contributed by atoms with E-state index in [0.29, 0.717) is 11.3 Å². The van der Waals surface area contributed by atoms with Crippen LogP contribution in [0.25, 0.3) is 0 Å². The highest BCUT2D eigenvalue weighted by molar-refractivity contribution is 7.88. The number of sulfonamides is 1. The predicted molar refractivity (Wildman–Crippen MR) is 123 cm³/mol. The number of carbonyl (C=O) groups excluding carboxylic acids is 2. The number of benzene rings is 1. The van der Waals surface area contributed by atoms with Crippen LogP contribution in [0.5, 0.6) is 5.75 Å². The zero-order chi connectivity index (χ0) is 24.9. The zero-order valence-corrected chi connectivity index (χ0v) is 20.2. The summed E-state index contributed by atoms with van der Waals surface area (Å²) >= 11 is 0. The molecule has 0 saturated heterocycles. The van der Waals surface area contributed by atoms with E-state index < -0.39 is 27.6 Å². The smallest absolute Gasteiger partial charge is 0.410 e. The number of nitrogens with two attached hydrogens (primary N) is 1. The Balaban J connectivity index is 3.22. The third kappa shape index (κ3) is 7.15. The fraction of sp³-hybridized carbons (Fsp3) is 0.450. The Morgan fingerprint density at radius 2 is 1.84 bits per heavy atom. The van der Waals surface area contributed by atoms with E-state index in [1.54, 1.807) is 46.0 Å². The number of anilines is 1. The third-order valence-electron chi connectivity index (χ3n) is 4.11. The maximum Gasteiger partial charge on any atom is 0.410 e. The number of methoxy groups -OCH3 is 1. The van der Waals surface area contributed by atoms with Crippen LogP contribution in [-0.2, 0) is 26.1 Å². The summed E-state index contributed by atoms with van der Waals surface area (Å²) in [6, 6.07) is 4.96. The molecule has 0 spiro atoms. The molecule has 1 rings (SSSR count). The molecule has 0 heterocycles. The molecule has 0 bridgehead atoms. The van der Waals surface area contributed by atoms with E-state index in [1.807, 2.05) is 0 Å². The summed E-state index contributed by atoms with van der Waals surface area (Å²) in [6.07, 6.45) is 0.415. The van der Waals surface area contributed by atoms with Gasteiger partial charge in [0.15, 0.2) is 5.70 Å². The van der Waals surface area contributed by atoms with Crippen LogP contribution in [0.15, 0.2) is 34.7 Å².